The second-order valence-electron chi connectivity index (χ2n) is 5.20. The minimum Gasteiger partial charge on any atom is -0.395 e. The zero-order chi connectivity index (χ0) is 14.1. The van der Waals surface area contributed by atoms with Crippen molar-refractivity contribution >= 4 is 17.3 Å². The summed E-state index contributed by atoms with van der Waals surface area (Å²) in [6, 6.07) is 2.33. The van der Waals surface area contributed by atoms with Crippen LogP contribution in [0, 0.1) is 0 Å². The van der Waals surface area contributed by atoms with Crippen molar-refractivity contribution in [3.8, 4) is 0 Å². The fourth-order valence-electron chi connectivity index (χ4n) is 2.43. The molecule has 0 aromatic carbocycles. The normalized spacial score (nSPS) is 15.1. The van der Waals surface area contributed by atoms with E-state index < -0.39 is 0 Å². The first-order chi connectivity index (χ1) is 9.67. The molecule has 2 aromatic heterocycles. The zero-order valence-electron chi connectivity index (χ0n) is 11.2. The summed E-state index contributed by atoms with van der Waals surface area (Å²) >= 11 is 0. The van der Waals surface area contributed by atoms with Crippen LogP contribution in [-0.4, -0.2) is 14.8 Å². The summed E-state index contributed by atoms with van der Waals surface area (Å²) in [5.74, 6) is 6.19. The molecule has 0 aliphatic heterocycles. The fourth-order valence-corrected chi connectivity index (χ4v) is 2.43. The molecule has 7 heteroatoms. The number of nitrogens with two attached hydrogens (primary N) is 3. The summed E-state index contributed by atoms with van der Waals surface area (Å²) < 4.78 is 2.04. The first-order valence-corrected chi connectivity index (χ1v) is 6.72. The van der Waals surface area contributed by atoms with Gasteiger partial charge in [0, 0.05) is 12.6 Å². The minimum atomic E-state index is 0.397. The number of nitrogens with zero attached hydrogens (tertiary/aromatic N) is 3. The van der Waals surface area contributed by atoms with E-state index in [-0.39, 0.29) is 0 Å². The fraction of sp³-hybridized carbons (Fsp3) is 0.385. The van der Waals surface area contributed by atoms with Gasteiger partial charge in [-0.15, -0.1) is 0 Å². The van der Waals surface area contributed by atoms with Crippen molar-refractivity contribution in [1.29, 1.82) is 0 Å². The summed E-state index contributed by atoms with van der Waals surface area (Å²) in [7, 11) is 0. The molecular formula is C13H19N7. The first kappa shape index (κ1) is 12.7. The average molecular weight is 273 g/mol. The molecule has 0 unspecified atom stereocenters. The molecule has 0 amide bonds. The van der Waals surface area contributed by atoms with Crippen LogP contribution >= 0.6 is 0 Å². The lowest BCUT2D eigenvalue weighted by molar-refractivity contribution is 0.289. The number of nitrogen functional groups attached to an aromatic ring is 3. The van der Waals surface area contributed by atoms with Crippen LogP contribution in [0.1, 0.15) is 36.4 Å². The number of nitrogens with one attached hydrogen (secondary N) is 1. The van der Waals surface area contributed by atoms with Gasteiger partial charge in [-0.2, -0.15) is 5.10 Å². The number of pyridine rings is 1. The van der Waals surface area contributed by atoms with E-state index in [0.29, 0.717) is 29.8 Å². The standard InChI is InChI=1S/C13H19N7/c14-11-5-9(12(15)13(18-11)19-16)4-8-6-17-20(7-8)10-2-1-3-10/h5-7,10H,1-4,15-16H2,(H3,14,18,19). The van der Waals surface area contributed by atoms with E-state index in [0.717, 1.165) is 11.1 Å². The Morgan fingerprint density at radius 1 is 1.35 bits per heavy atom. The van der Waals surface area contributed by atoms with Crippen LogP contribution < -0.4 is 22.7 Å². The third kappa shape index (κ3) is 2.27. The molecule has 7 nitrogen and oxygen atoms in total. The molecule has 1 aliphatic rings. The smallest absolute Gasteiger partial charge is 0.165 e. The Morgan fingerprint density at radius 3 is 2.80 bits per heavy atom. The monoisotopic (exact) mass is 273 g/mol. The van der Waals surface area contributed by atoms with Gasteiger partial charge >= 0.3 is 0 Å². The minimum absolute atomic E-state index is 0.397. The van der Waals surface area contributed by atoms with Crippen LogP contribution in [0.2, 0.25) is 0 Å². The maximum absolute atomic E-state index is 6.03. The van der Waals surface area contributed by atoms with Gasteiger partial charge < -0.3 is 16.9 Å². The maximum Gasteiger partial charge on any atom is 0.165 e. The Bertz CT molecular complexity index is 615. The summed E-state index contributed by atoms with van der Waals surface area (Å²) in [4.78, 5) is 4.05. The zero-order valence-corrected chi connectivity index (χ0v) is 11.2. The van der Waals surface area contributed by atoms with E-state index in [4.69, 9.17) is 17.3 Å². The van der Waals surface area contributed by atoms with Crippen molar-refractivity contribution in [2.45, 2.75) is 31.7 Å². The molecule has 20 heavy (non-hydrogen) atoms. The molecule has 0 atom stereocenters. The number of aromatic nitrogens is 3. The number of rotatable bonds is 4. The van der Waals surface area contributed by atoms with Crippen LogP contribution in [0.3, 0.4) is 0 Å². The highest BCUT2D eigenvalue weighted by atomic mass is 15.3. The van der Waals surface area contributed by atoms with Gasteiger partial charge in [0.2, 0.25) is 0 Å². The Morgan fingerprint density at radius 2 is 2.15 bits per heavy atom. The van der Waals surface area contributed by atoms with Crippen molar-refractivity contribution in [2.24, 2.45) is 5.84 Å². The molecule has 0 bridgehead atoms. The summed E-state index contributed by atoms with van der Waals surface area (Å²) in [5.41, 5.74) is 16.8. The summed E-state index contributed by atoms with van der Waals surface area (Å²) in [6.45, 7) is 0. The Kier molecular flexibility index (Phi) is 3.19. The highest BCUT2D eigenvalue weighted by Gasteiger charge is 2.20. The van der Waals surface area contributed by atoms with Crippen molar-refractivity contribution in [2.75, 3.05) is 16.9 Å². The van der Waals surface area contributed by atoms with E-state index in [9.17, 15) is 0 Å². The number of hydrogen-bond acceptors (Lipinski definition) is 6. The lowest BCUT2D eigenvalue weighted by Crippen LogP contribution is -2.17. The van der Waals surface area contributed by atoms with Crippen LogP contribution in [0.15, 0.2) is 18.5 Å². The molecule has 0 radical (unpaired) electrons. The molecule has 0 saturated heterocycles. The average Bonchev–Trinajstić information content (AvgIpc) is 2.79. The first-order valence-electron chi connectivity index (χ1n) is 6.72. The molecule has 2 heterocycles. The van der Waals surface area contributed by atoms with Crippen LogP contribution in [-0.2, 0) is 6.42 Å². The van der Waals surface area contributed by atoms with E-state index in [1.54, 1.807) is 6.07 Å². The van der Waals surface area contributed by atoms with E-state index in [1.165, 1.54) is 19.3 Å². The van der Waals surface area contributed by atoms with Gasteiger partial charge in [-0.25, -0.2) is 10.8 Å². The molecule has 1 fully saturated rings. The molecule has 7 N–H and O–H groups in total. The third-order valence-electron chi connectivity index (χ3n) is 3.80. The predicted molar refractivity (Wildman–Crippen MR) is 78.8 cm³/mol. The molecule has 1 aliphatic carbocycles. The van der Waals surface area contributed by atoms with Crippen molar-refractivity contribution in [1.82, 2.24) is 14.8 Å². The molecule has 3 rings (SSSR count). The topological polar surface area (TPSA) is 121 Å². The van der Waals surface area contributed by atoms with E-state index in [1.807, 2.05) is 10.9 Å². The molecule has 0 spiro atoms. The van der Waals surface area contributed by atoms with Gasteiger partial charge in [0.1, 0.15) is 5.82 Å². The van der Waals surface area contributed by atoms with Gasteiger partial charge in [0.05, 0.1) is 17.9 Å². The van der Waals surface area contributed by atoms with Crippen molar-refractivity contribution in [3.05, 3.63) is 29.6 Å². The van der Waals surface area contributed by atoms with Crippen molar-refractivity contribution < 1.29 is 0 Å². The van der Waals surface area contributed by atoms with Gasteiger partial charge in [0.15, 0.2) is 5.82 Å². The Hall–Kier alpha value is -2.28. The SMILES string of the molecule is NNc1nc(N)cc(Cc2cnn(C3CCC3)c2)c1N. The lowest BCUT2D eigenvalue weighted by atomic mass is 9.93. The Balaban J connectivity index is 1.83. The van der Waals surface area contributed by atoms with E-state index in [2.05, 4.69) is 21.7 Å². The number of hydrazine groups is 1. The van der Waals surface area contributed by atoms with Gasteiger partial charge in [-0.1, -0.05) is 0 Å². The highest BCUT2D eigenvalue weighted by Crippen LogP contribution is 2.31. The van der Waals surface area contributed by atoms with Crippen LogP contribution in [0.25, 0.3) is 0 Å². The number of hydrogen-bond donors (Lipinski definition) is 4. The van der Waals surface area contributed by atoms with Gasteiger partial charge in [-0.3, -0.25) is 4.68 Å². The lowest BCUT2D eigenvalue weighted by Gasteiger charge is -2.25. The van der Waals surface area contributed by atoms with Gasteiger partial charge in [0.25, 0.3) is 0 Å². The summed E-state index contributed by atoms with van der Waals surface area (Å²) in [5, 5.41) is 4.42. The van der Waals surface area contributed by atoms with Crippen LogP contribution in [0.5, 0.6) is 0 Å². The number of anilines is 3. The van der Waals surface area contributed by atoms with Crippen molar-refractivity contribution in [3.63, 3.8) is 0 Å². The molecule has 106 valence electrons. The third-order valence-corrected chi connectivity index (χ3v) is 3.80. The largest absolute Gasteiger partial charge is 0.395 e. The molecule has 2 aromatic rings. The highest BCUT2D eigenvalue weighted by molar-refractivity contribution is 5.68. The quantitative estimate of drug-likeness (QED) is 0.488. The van der Waals surface area contributed by atoms with Gasteiger partial charge in [-0.05, 0) is 36.5 Å². The predicted octanol–water partition coefficient (Wildman–Crippen LogP) is 1.04. The summed E-state index contributed by atoms with van der Waals surface area (Å²) in [6.07, 6.45) is 8.35. The molecular weight excluding hydrogens is 254 g/mol. The maximum atomic E-state index is 6.03. The Labute approximate surface area is 117 Å². The second kappa shape index (κ2) is 5.01. The molecule has 1 saturated carbocycles. The van der Waals surface area contributed by atoms with E-state index >= 15 is 0 Å². The second-order valence-corrected chi connectivity index (χ2v) is 5.20. The van der Waals surface area contributed by atoms with Crippen LogP contribution in [0.4, 0.5) is 17.3 Å².